The highest BCUT2D eigenvalue weighted by Gasteiger charge is 2.22. The molecule has 0 spiro atoms. The van der Waals surface area contributed by atoms with Crippen LogP contribution in [-0.2, 0) is 23.1 Å². The van der Waals surface area contributed by atoms with Crippen molar-refractivity contribution >= 4 is 21.6 Å². The minimum absolute atomic E-state index is 0.0652. The van der Waals surface area contributed by atoms with Gasteiger partial charge in [0.2, 0.25) is 0 Å². The predicted octanol–water partition coefficient (Wildman–Crippen LogP) is 1.31. The SMILES string of the molecule is Cc1[nH]nc(S(=O)(=O)NCc2ccccc2Cl)c1CN. The molecule has 0 unspecified atom stereocenters. The Morgan fingerprint density at radius 1 is 1.40 bits per heavy atom. The number of hydrogen-bond acceptors (Lipinski definition) is 4. The third kappa shape index (κ3) is 3.01. The Morgan fingerprint density at radius 2 is 2.10 bits per heavy atom. The number of aromatic amines is 1. The van der Waals surface area contributed by atoms with Gasteiger partial charge in [-0.3, -0.25) is 5.10 Å². The van der Waals surface area contributed by atoms with Crippen LogP contribution in [0.2, 0.25) is 5.02 Å². The first-order valence-electron chi connectivity index (χ1n) is 5.92. The van der Waals surface area contributed by atoms with Crippen LogP contribution < -0.4 is 10.5 Å². The maximum absolute atomic E-state index is 12.2. The second kappa shape index (κ2) is 5.92. The molecule has 108 valence electrons. The van der Waals surface area contributed by atoms with Crippen LogP contribution in [-0.4, -0.2) is 18.6 Å². The lowest BCUT2D eigenvalue weighted by Crippen LogP contribution is -2.25. The van der Waals surface area contributed by atoms with Gasteiger partial charge in [0.25, 0.3) is 10.0 Å². The summed E-state index contributed by atoms with van der Waals surface area (Å²) in [6, 6.07) is 7.03. The van der Waals surface area contributed by atoms with E-state index in [9.17, 15) is 8.42 Å². The quantitative estimate of drug-likeness (QED) is 0.774. The molecular formula is C12H15ClN4O2S. The van der Waals surface area contributed by atoms with Gasteiger partial charge in [0.05, 0.1) is 0 Å². The van der Waals surface area contributed by atoms with Crippen LogP contribution in [0.5, 0.6) is 0 Å². The second-order valence-corrected chi connectivity index (χ2v) is 6.34. The van der Waals surface area contributed by atoms with Gasteiger partial charge in [-0.25, -0.2) is 13.1 Å². The molecule has 4 N–H and O–H groups in total. The topological polar surface area (TPSA) is 101 Å². The van der Waals surface area contributed by atoms with Crippen LogP contribution in [0.25, 0.3) is 0 Å². The van der Waals surface area contributed by atoms with Crippen LogP contribution in [0.4, 0.5) is 0 Å². The van der Waals surface area contributed by atoms with E-state index in [2.05, 4.69) is 14.9 Å². The number of H-pyrrole nitrogens is 1. The van der Waals surface area contributed by atoms with Crippen LogP contribution >= 0.6 is 11.6 Å². The molecule has 1 aromatic carbocycles. The number of nitrogens with two attached hydrogens (primary N) is 1. The van der Waals surface area contributed by atoms with Crippen molar-refractivity contribution in [2.75, 3.05) is 0 Å². The first kappa shape index (κ1) is 15.0. The number of benzene rings is 1. The van der Waals surface area contributed by atoms with Crippen LogP contribution in [0.15, 0.2) is 29.3 Å². The highest BCUT2D eigenvalue weighted by Crippen LogP contribution is 2.18. The van der Waals surface area contributed by atoms with Crippen molar-refractivity contribution < 1.29 is 8.42 Å². The number of halogens is 1. The average molecular weight is 315 g/mol. The maximum atomic E-state index is 12.2. The molecule has 0 aliphatic rings. The van der Waals surface area contributed by atoms with E-state index >= 15 is 0 Å². The standard InChI is InChI=1S/C12H15ClN4O2S/c1-8-10(6-14)12(17-16-8)20(18,19)15-7-9-4-2-3-5-11(9)13/h2-5,15H,6-7,14H2,1H3,(H,16,17). The van der Waals surface area contributed by atoms with E-state index < -0.39 is 10.0 Å². The molecular weight excluding hydrogens is 300 g/mol. The molecule has 0 saturated carbocycles. The van der Waals surface area contributed by atoms with E-state index in [0.717, 1.165) is 0 Å². The number of nitrogens with one attached hydrogen (secondary N) is 2. The molecule has 8 heteroatoms. The van der Waals surface area contributed by atoms with E-state index in [-0.39, 0.29) is 18.1 Å². The molecule has 6 nitrogen and oxygen atoms in total. The molecule has 0 aliphatic carbocycles. The van der Waals surface area contributed by atoms with Crippen molar-refractivity contribution in [2.45, 2.75) is 25.0 Å². The zero-order valence-electron chi connectivity index (χ0n) is 10.9. The summed E-state index contributed by atoms with van der Waals surface area (Å²) in [6.45, 7) is 1.92. The monoisotopic (exact) mass is 314 g/mol. The number of aryl methyl sites for hydroxylation is 1. The highest BCUT2D eigenvalue weighted by atomic mass is 35.5. The van der Waals surface area contributed by atoms with Crippen molar-refractivity contribution in [3.8, 4) is 0 Å². The summed E-state index contributed by atoms with van der Waals surface area (Å²) < 4.78 is 26.9. The molecule has 2 aromatic rings. The third-order valence-electron chi connectivity index (χ3n) is 2.91. The number of rotatable bonds is 5. The van der Waals surface area contributed by atoms with Crippen molar-refractivity contribution in [2.24, 2.45) is 5.73 Å². The van der Waals surface area contributed by atoms with Crippen LogP contribution in [0.3, 0.4) is 0 Å². The number of nitrogens with zero attached hydrogens (tertiary/aromatic N) is 1. The summed E-state index contributed by atoms with van der Waals surface area (Å²) in [5.74, 6) is 0. The van der Waals surface area contributed by atoms with Crippen LogP contribution in [0, 0.1) is 6.92 Å². The van der Waals surface area contributed by atoms with Gasteiger partial charge in [0.15, 0.2) is 5.03 Å². The second-order valence-electron chi connectivity index (χ2n) is 4.25. The first-order valence-corrected chi connectivity index (χ1v) is 7.79. The van der Waals surface area contributed by atoms with Crippen LogP contribution in [0.1, 0.15) is 16.8 Å². The lowest BCUT2D eigenvalue weighted by atomic mass is 10.2. The Morgan fingerprint density at radius 3 is 2.75 bits per heavy atom. The van der Waals surface area contributed by atoms with Gasteiger partial charge in [-0.15, -0.1) is 0 Å². The van der Waals surface area contributed by atoms with Gasteiger partial charge >= 0.3 is 0 Å². The molecule has 0 fully saturated rings. The molecule has 2 rings (SSSR count). The lowest BCUT2D eigenvalue weighted by molar-refractivity contribution is 0.575. The average Bonchev–Trinajstić information content (AvgIpc) is 2.79. The predicted molar refractivity (Wildman–Crippen MR) is 76.7 cm³/mol. The number of hydrogen-bond donors (Lipinski definition) is 3. The molecule has 0 atom stereocenters. The third-order valence-corrected chi connectivity index (χ3v) is 4.64. The maximum Gasteiger partial charge on any atom is 0.260 e. The summed E-state index contributed by atoms with van der Waals surface area (Å²) in [6.07, 6.45) is 0. The Balaban J connectivity index is 2.22. The van der Waals surface area contributed by atoms with E-state index in [1.807, 2.05) is 0 Å². The Kier molecular flexibility index (Phi) is 4.44. The van der Waals surface area contributed by atoms with Crippen molar-refractivity contribution in [3.05, 3.63) is 46.1 Å². The zero-order chi connectivity index (χ0) is 14.8. The normalized spacial score (nSPS) is 11.8. The van der Waals surface area contributed by atoms with Crippen molar-refractivity contribution in [3.63, 3.8) is 0 Å². The Hall–Kier alpha value is -1.41. The van der Waals surface area contributed by atoms with Crippen molar-refractivity contribution in [1.29, 1.82) is 0 Å². The molecule has 0 radical (unpaired) electrons. The first-order chi connectivity index (χ1) is 9.45. The molecule has 0 saturated heterocycles. The van der Waals surface area contributed by atoms with Gasteiger partial charge in [-0.2, -0.15) is 5.10 Å². The fraction of sp³-hybridized carbons (Fsp3) is 0.250. The fourth-order valence-corrected chi connectivity index (χ4v) is 3.19. The zero-order valence-corrected chi connectivity index (χ0v) is 12.4. The molecule has 0 bridgehead atoms. The minimum atomic E-state index is -3.73. The van der Waals surface area contributed by atoms with E-state index in [1.54, 1.807) is 31.2 Å². The van der Waals surface area contributed by atoms with Gasteiger partial charge < -0.3 is 5.73 Å². The van der Waals surface area contributed by atoms with Gasteiger partial charge in [0.1, 0.15) is 0 Å². The summed E-state index contributed by atoms with van der Waals surface area (Å²) >= 11 is 5.99. The summed E-state index contributed by atoms with van der Waals surface area (Å²) in [5, 5.41) is 6.87. The molecule has 1 aromatic heterocycles. The van der Waals surface area contributed by atoms with Gasteiger partial charge in [0, 0.05) is 29.4 Å². The van der Waals surface area contributed by atoms with Crippen molar-refractivity contribution in [1.82, 2.24) is 14.9 Å². The molecule has 0 amide bonds. The van der Waals surface area contributed by atoms with Gasteiger partial charge in [-0.05, 0) is 18.6 Å². The highest BCUT2D eigenvalue weighted by molar-refractivity contribution is 7.89. The summed E-state index contributed by atoms with van der Waals surface area (Å²) in [4.78, 5) is 0. The lowest BCUT2D eigenvalue weighted by Gasteiger charge is -2.07. The number of aromatic nitrogens is 2. The van der Waals surface area contributed by atoms with E-state index in [1.165, 1.54) is 0 Å². The molecule has 1 heterocycles. The van der Waals surface area contributed by atoms with E-state index in [0.29, 0.717) is 21.8 Å². The summed E-state index contributed by atoms with van der Waals surface area (Å²) in [7, 11) is -3.73. The van der Waals surface area contributed by atoms with E-state index in [4.69, 9.17) is 17.3 Å². The Bertz CT molecular complexity index is 712. The smallest absolute Gasteiger partial charge is 0.260 e. The molecule has 20 heavy (non-hydrogen) atoms. The van der Waals surface area contributed by atoms with Gasteiger partial charge in [-0.1, -0.05) is 29.8 Å². The fourth-order valence-electron chi connectivity index (χ4n) is 1.78. The number of sulfonamides is 1. The largest absolute Gasteiger partial charge is 0.326 e. The summed E-state index contributed by atoms with van der Waals surface area (Å²) in [5.41, 5.74) is 7.37. The molecule has 0 aliphatic heterocycles. The minimum Gasteiger partial charge on any atom is -0.326 e. The Labute approximate surface area is 122 Å².